The molecule has 1 atom stereocenters. The van der Waals surface area contributed by atoms with Crippen molar-refractivity contribution >= 4 is 5.91 Å². The smallest absolute Gasteiger partial charge is 0.224 e. The Morgan fingerprint density at radius 2 is 2.11 bits per heavy atom. The normalized spacial score (nSPS) is 17.9. The van der Waals surface area contributed by atoms with Gasteiger partial charge >= 0.3 is 0 Å². The highest BCUT2D eigenvalue weighted by Gasteiger charge is 2.41. The number of hydrogen-bond donors (Lipinski definition) is 2. The van der Waals surface area contributed by atoms with Crippen LogP contribution in [0.4, 0.5) is 0 Å². The molecule has 3 N–H and O–H groups in total. The highest BCUT2D eigenvalue weighted by Crippen LogP contribution is 2.38. The Hall–Kier alpha value is -1.35. The van der Waals surface area contributed by atoms with Crippen molar-refractivity contribution in [1.29, 1.82) is 0 Å². The molecule has 104 valence electrons. The fourth-order valence-electron chi connectivity index (χ4n) is 2.57. The van der Waals surface area contributed by atoms with Gasteiger partial charge in [0.05, 0.1) is 12.0 Å². The summed E-state index contributed by atoms with van der Waals surface area (Å²) in [6.07, 6.45) is 2.80. The number of carbonyl (C=O) groups excluding carboxylic acids is 1. The molecule has 0 bridgehead atoms. The van der Waals surface area contributed by atoms with Gasteiger partial charge in [0.1, 0.15) is 0 Å². The predicted molar refractivity (Wildman–Crippen MR) is 77.9 cm³/mol. The van der Waals surface area contributed by atoms with E-state index in [2.05, 4.69) is 37.4 Å². The first kappa shape index (κ1) is 14.1. The van der Waals surface area contributed by atoms with Gasteiger partial charge in [0, 0.05) is 6.54 Å². The fourth-order valence-corrected chi connectivity index (χ4v) is 2.57. The van der Waals surface area contributed by atoms with E-state index in [9.17, 15) is 4.79 Å². The molecular weight excluding hydrogens is 236 g/mol. The lowest BCUT2D eigenvalue weighted by molar-refractivity contribution is -0.122. The maximum absolute atomic E-state index is 12.2. The summed E-state index contributed by atoms with van der Waals surface area (Å²) in [6.45, 7) is 6.67. The standard InChI is InChI=1S/C16H24N2O/c1-11-4-5-12(2)13(8-11)9-15(19)18-16(3,10-17)14-6-7-14/h4-5,8,14H,6-7,9-10,17H2,1-3H3,(H,18,19). The number of aryl methyl sites for hydroxylation is 2. The Labute approximate surface area is 115 Å². The lowest BCUT2D eigenvalue weighted by atomic mass is 9.95. The molecule has 0 heterocycles. The number of benzene rings is 1. The molecule has 19 heavy (non-hydrogen) atoms. The van der Waals surface area contributed by atoms with Crippen molar-refractivity contribution in [3.8, 4) is 0 Å². The van der Waals surface area contributed by atoms with Gasteiger partial charge in [-0.1, -0.05) is 23.8 Å². The number of nitrogens with one attached hydrogen (secondary N) is 1. The Morgan fingerprint density at radius 1 is 1.42 bits per heavy atom. The molecule has 1 saturated carbocycles. The molecule has 1 fully saturated rings. The van der Waals surface area contributed by atoms with Crippen LogP contribution in [0.25, 0.3) is 0 Å². The zero-order valence-electron chi connectivity index (χ0n) is 12.1. The van der Waals surface area contributed by atoms with Gasteiger partial charge in [0.25, 0.3) is 0 Å². The monoisotopic (exact) mass is 260 g/mol. The minimum atomic E-state index is -0.227. The Bertz CT molecular complexity index is 480. The molecule has 1 amide bonds. The molecule has 0 radical (unpaired) electrons. The van der Waals surface area contributed by atoms with E-state index >= 15 is 0 Å². The zero-order valence-corrected chi connectivity index (χ0v) is 12.1. The summed E-state index contributed by atoms with van der Waals surface area (Å²) in [4.78, 5) is 12.2. The van der Waals surface area contributed by atoms with Gasteiger partial charge in [-0.15, -0.1) is 0 Å². The molecule has 3 nitrogen and oxygen atoms in total. The van der Waals surface area contributed by atoms with Gasteiger partial charge in [0.2, 0.25) is 5.91 Å². The SMILES string of the molecule is Cc1ccc(C)c(CC(=O)NC(C)(CN)C2CC2)c1. The molecule has 1 unspecified atom stereocenters. The molecule has 1 aliphatic carbocycles. The van der Waals surface area contributed by atoms with E-state index < -0.39 is 0 Å². The van der Waals surface area contributed by atoms with Crippen molar-refractivity contribution < 1.29 is 4.79 Å². The van der Waals surface area contributed by atoms with E-state index in [0.29, 0.717) is 18.9 Å². The van der Waals surface area contributed by atoms with Crippen LogP contribution in [0.1, 0.15) is 36.5 Å². The third-order valence-corrected chi connectivity index (χ3v) is 4.18. The highest BCUT2D eigenvalue weighted by atomic mass is 16.1. The van der Waals surface area contributed by atoms with Crippen LogP contribution in [-0.4, -0.2) is 18.0 Å². The maximum Gasteiger partial charge on any atom is 0.224 e. The summed E-state index contributed by atoms with van der Waals surface area (Å²) in [5.74, 6) is 0.633. The fraction of sp³-hybridized carbons (Fsp3) is 0.562. The summed E-state index contributed by atoms with van der Waals surface area (Å²) in [5.41, 5.74) is 9.07. The lowest BCUT2D eigenvalue weighted by Crippen LogP contribution is -2.53. The second kappa shape index (κ2) is 5.33. The second-order valence-electron chi connectivity index (χ2n) is 6.05. The van der Waals surface area contributed by atoms with Crippen molar-refractivity contribution in [2.24, 2.45) is 11.7 Å². The third-order valence-electron chi connectivity index (χ3n) is 4.18. The molecule has 0 aliphatic heterocycles. The highest BCUT2D eigenvalue weighted by molar-refractivity contribution is 5.79. The average molecular weight is 260 g/mol. The molecule has 0 saturated heterocycles. The zero-order chi connectivity index (χ0) is 14.0. The van der Waals surface area contributed by atoms with Gasteiger partial charge in [-0.2, -0.15) is 0 Å². The van der Waals surface area contributed by atoms with Crippen molar-refractivity contribution in [3.63, 3.8) is 0 Å². The summed E-state index contributed by atoms with van der Waals surface area (Å²) in [7, 11) is 0. The lowest BCUT2D eigenvalue weighted by Gasteiger charge is -2.29. The Kier molecular flexibility index (Phi) is 3.95. The first-order valence-corrected chi connectivity index (χ1v) is 7.02. The summed E-state index contributed by atoms with van der Waals surface area (Å²) >= 11 is 0. The minimum absolute atomic E-state index is 0.0774. The number of amides is 1. The van der Waals surface area contributed by atoms with E-state index in [4.69, 9.17) is 5.73 Å². The molecule has 2 rings (SSSR count). The van der Waals surface area contributed by atoms with Crippen LogP contribution in [0.5, 0.6) is 0 Å². The van der Waals surface area contributed by atoms with E-state index in [0.717, 1.165) is 5.56 Å². The van der Waals surface area contributed by atoms with E-state index in [1.165, 1.54) is 24.0 Å². The van der Waals surface area contributed by atoms with Crippen molar-refractivity contribution in [2.75, 3.05) is 6.54 Å². The number of rotatable bonds is 5. The predicted octanol–water partition coefficient (Wildman–Crippen LogP) is 2.09. The minimum Gasteiger partial charge on any atom is -0.349 e. The Balaban J connectivity index is 2.02. The first-order valence-electron chi connectivity index (χ1n) is 7.02. The average Bonchev–Trinajstić information content (AvgIpc) is 3.18. The molecule has 1 aromatic carbocycles. The number of carbonyl (C=O) groups is 1. The summed E-state index contributed by atoms with van der Waals surface area (Å²) in [5, 5.41) is 3.14. The van der Waals surface area contributed by atoms with Crippen LogP contribution in [0.3, 0.4) is 0 Å². The van der Waals surface area contributed by atoms with Crippen molar-refractivity contribution in [2.45, 2.75) is 45.6 Å². The van der Waals surface area contributed by atoms with Gasteiger partial charge in [-0.25, -0.2) is 0 Å². The van der Waals surface area contributed by atoms with Crippen molar-refractivity contribution in [1.82, 2.24) is 5.32 Å². The summed E-state index contributed by atoms with van der Waals surface area (Å²) < 4.78 is 0. The number of nitrogens with two attached hydrogens (primary N) is 1. The molecule has 3 heteroatoms. The molecule has 0 aromatic heterocycles. The largest absolute Gasteiger partial charge is 0.349 e. The topological polar surface area (TPSA) is 55.1 Å². The van der Waals surface area contributed by atoms with Crippen LogP contribution >= 0.6 is 0 Å². The summed E-state index contributed by atoms with van der Waals surface area (Å²) in [6, 6.07) is 6.23. The maximum atomic E-state index is 12.2. The second-order valence-corrected chi connectivity index (χ2v) is 6.05. The van der Waals surface area contributed by atoms with E-state index in [-0.39, 0.29) is 11.4 Å². The van der Waals surface area contributed by atoms with Gasteiger partial charge in [0.15, 0.2) is 0 Å². The molecule has 1 aliphatic rings. The molecule has 0 spiro atoms. The van der Waals surface area contributed by atoms with Crippen molar-refractivity contribution in [3.05, 3.63) is 34.9 Å². The van der Waals surface area contributed by atoms with Crippen LogP contribution in [0.2, 0.25) is 0 Å². The quantitative estimate of drug-likeness (QED) is 0.851. The third kappa shape index (κ3) is 3.35. The van der Waals surface area contributed by atoms with Gasteiger partial charge < -0.3 is 11.1 Å². The van der Waals surface area contributed by atoms with Crippen LogP contribution in [0.15, 0.2) is 18.2 Å². The number of hydrogen-bond acceptors (Lipinski definition) is 2. The van der Waals surface area contributed by atoms with Gasteiger partial charge in [-0.05, 0) is 50.7 Å². The first-order chi connectivity index (χ1) is 8.94. The Morgan fingerprint density at radius 3 is 2.68 bits per heavy atom. The van der Waals surface area contributed by atoms with Gasteiger partial charge in [-0.3, -0.25) is 4.79 Å². The van der Waals surface area contributed by atoms with E-state index in [1.54, 1.807) is 0 Å². The van der Waals surface area contributed by atoms with E-state index in [1.807, 2.05) is 6.92 Å². The van der Waals surface area contributed by atoms with Crippen LogP contribution < -0.4 is 11.1 Å². The molecular formula is C16H24N2O. The van der Waals surface area contributed by atoms with Crippen LogP contribution in [-0.2, 0) is 11.2 Å². The van der Waals surface area contributed by atoms with Crippen LogP contribution in [0, 0.1) is 19.8 Å². The molecule has 1 aromatic rings.